The molecule has 6 aliphatic rings. The fourth-order valence-electron chi connectivity index (χ4n) is 8.70. The standard InChI is InChI=1S/C31H39N5O5S/c1-42(40,41)34-12-10-33(11-13-34)24-6-8-25(9-7-24)35-14-15-36(27-5-3-2-4-26(27)35)30(39)32-28-22-16-21-17-23(28)20-31(18-21,19-22)29(37)38/h2-9,21-23,28H,10-20H2,1H3,(H,32,39)(H,37,38)/t21?,22-,23+,28?,31?. The Morgan fingerprint density at radius 3 is 2.07 bits per heavy atom. The van der Waals surface area contributed by atoms with Crippen LogP contribution in [0.25, 0.3) is 0 Å². The maximum absolute atomic E-state index is 13.7. The lowest BCUT2D eigenvalue weighted by Crippen LogP contribution is -2.62. The summed E-state index contributed by atoms with van der Waals surface area (Å²) in [5.74, 6) is 0.292. The number of carbonyl (C=O) groups excluding carboxylic acids is 1. The van der Waals surface area contributed by atoms with E-state index in [1.807, 2.05) is 29.2 Å². The van der Waals surface area contributed by atoms with Crippen molar-refractivity contribution in [2.45, 2.75) is 38.1 Å². The summed E-state index contributed by atoms with van der Waals surface area (Å²) in [4.78, 5) is 32.2. The Kier molecular flexibility index (Phi) is 6.65. The van der Waals surface area contributed by atoms with Crippen molar-refractivity contribution in [1.82, 2.24) is 9.62 Å². The van der Waals surface area contributed by atoms with Crippen LogP contribution in [0.15, 0.2) is 48.5 Å². The van der Waals surface area contributed by atoms with E-state index >= 15 is 0 Å². The van der Waals surface area contributed by atoms with Crippen LogP contribution in [0.5, 0.6) is 0 Å². The zero-order valence-corrected chi connectivity index (χ0v) is 24.8. The van der Waals surface area contributed by atoms with Crippen LogP contribution in [0, 0.1) is 23.2 Å². The molecule has 2 aromatic rings. The molecule has 2 aromatic carbocycles. The monoisotopic (exact) mass is 593 g/mol. The molecule has 42 heavy (non-hydrogen) atoms. The van der Waals surface area contributed by atoms with Crippen LogP contribution in [0.4, 0.5) is 27.5 Å². The van der Waals surface area contributed by atoms with Crippen LogP contribution in [-0.2, 0) is 14.8 Å². The van der Waals surface area contributed by atoms with Crippen molar-refractivity contribution in [3.63, 3.8) is 0 Å². The van der Waals surface area contributed by atoms with Gasteiger partial charge in [0, 0.05) is 56.7 Å². The minimum atomic E-state index is -3.16. The van der Waals surface area contributed by atoms with Crippen LogP contribution >= 0.6 is 0 Å². The van der Waals surface area contributed by atoms with E-state index in [1.165, 1.54) is 10.6 Å². The normalized spacial score (nSPS) is 30.7. The van der Waals surface area contributed by atoms with E-state index in [4.69, 9.17) is 0 Å². The first-order valence-corrected chi connectivity index (χ1v) is 16.9. The highest BCUT2D eigenvalue weighted by molar-refractivity contribution is 7.88. The molecule has 224 valence electrons. The number of sulfonamides is 1. The van der Waals surface area contributed by atoms with Crippen LogP contribution < -0.4 is 20.0 Å². The maximum atomic E-state index is 13.7. The second kappa shape index (κ2) is 10.2. The maximum Gasteiger partial charge on any atom is 0.322 e. The predicted molar refractivity (Wildman–Crippen MR) is 162 cm³/mol. The number of hydrogen-bond acceptors (Lipinski definition) is 6. The molecule has 0 aromatic heterocycles. The molecular weight excluding hydrogens is 554 g/mol. The minimum Gasteiger partial charge on any atom is -0.481 e. The van der Waals surface area contributed by atoms with Crippen molar-refractivity contribution in [2.24, 2.45) is 23.2 Å². The van der Waals surface area contributed by atoms with Crippen molar-refractivity contribution in [1.29, 1.82) is 0 Å². The summed E-state index contributed by atoms with van der Waals surface area (Å²) in [5.41, 5.74) is 3.37. The van der Waals surface area contributed by atoms with E-state index in [9.17, 15) is 23.1 Å². The smallest absolute Gasteiger partial charge is 0.322 e. The van der Waals surface area contributed by atoms with Gasteiger partial charge in [-0.15, -0.1) is 0 Å². The van der Waals surface area contributed by atoms with E-state index in [-0.39, 0.29) is 23.9 Å². The Balaban J connectivity index is 1.05. The fraction of sp³-hybridized carbons (Fsp3) is 0.548. The second-order valence-electron chi connectivity index (χ2n) is 13.0. The highest BCUT2D eigenvalue weighted by Crippen LogP contribution is 2.60. The van der Waals surface area contributed by atoms with Gasteiger partial charge in [-0.3, -0.25) is 9.69 Å². The van der Waals surface area contributed by atoms with Gasteiger partial charge in [0.15, 0.2) is 0 Å². The second-order valence-corrected chi connectivity index (χ2v) is 15.0. The molecule has 11 heteroatoms. The number of hydrogen-bond donors (Lipinski definition) is 2. The van der Waals surface area contributed by atoms with Gasteiger partial charge in [-0.25, -0.2) is 13.2 Å². The molecule has 4 aliphatic carbocycles. The molecule has 2 heterocycles. The number of piperazine rings is 1. The topological polar surface area (TPSA) is 114 Å². The van der Waals surface area contributed by atoms with Gasteiger partial charge in [0.2, 0.25) is 10.0 Å². The van der Waals surface area contributed by atoms with Crippen molar-refractivity contribution in [3.8, 4) is 0 Å². The van der Waals surface area contributed by atoms with E-state index in [1.54, 1.807) is 0 Å². The highest BCUT2D eigenvalue weighted by Gasteiger charge is 2.59. The number of anilines is 4. The van der Waals surface area contributed by atoms with Gasteiger partial charge in [-0.2, -0.15) is 4.31 Å². The summed E-state index contributed by atoms with van der Waals surface area (Å²) in [7, 11) is -3.16. The van der Waals surface area contributed by atoms with Crippen LogP contribution in [0.2, 0.25) is 0 Å². The Hall–Kier alpha value is -3.31. The lowest BCUT2D eigenvalue weighted by molar-refractivity contribution is -0.166. The SMILES string of the molecule is CS(=O)(=O)N1CCN(c2ccc(N3CCN(C(=O)NC4[C@@H]5CC6C[C@H]4CC(C(=O)O)(C6)C5)c4ccccc43)cc2)CC1. The van der Waals surface area contributed by atoms with Gasteiger partial charge in [0.05, 0.1) is 23.0 Å². The van der Waals surface area contributed by atoms with Gasteiger partial charge in [-0.05, 0) is 86.3 Å². The number of aliphatic carboxylic acids is 1. The van der Waals surface area contributed by atoms with E-state index in [2.05, 4.69) is 39.4 Å². The Bertz CT molecular complexity index is 1470. The minimum absolute atomic E-state index is 0.0403. The molecule has 8 rings (SSSR count). The highest BCUT2D eigenvalue weighted by atomic mass is 32.2. The first kappa shape index (κ1) is 27.5. The van der Waals surface area contributed by atoms with Crippen molar-refractivity contribution >= 4 is 44.8 Å². The van der Waals surface area contributed by atoms with Crippen molar-refractivity contribution in [2.75, 3.05) is 60.2 Å². The van der Waals surface area contributed by atoms with Gasteiger partial charge in [-0.1, -0.05) is 12.1 Å². The molecule has 5 fully saturated rings. The molecule has 2 N–H and O–H groups in total. The summed E-state index contributed by atoms with van der Waals surface area (Å²) in [6, 6.07) is 16.3. The molecule has 5 atom stereocenters. The van der Waals surface area contributed by atoms with Crippen LogP contribution in [0.3, 0.4) is 0 Å². The largest absolute Gasteiger partial charge is 0.481 e. The van der Waals surface area contributed by atoms with Gasteiger partial charge in [0.1, 0.15) is 0 Å². The van der Waals surface area contributed by atoms with Gasteiger partial charge in [0.25, 0.3) is 0 Å². The third kappa shape index (κ3) is 4.70. The van der Waals surface area contributed by atoms with Crippen molar-refractivity contribution < 1.29 is 23.1 Å². The molecule has 2 amide bonds. The third-order valence-corrected chi connectivity index (χ3v) is 11.8. The molecule has 3 unspecified atom stereocenters. The number of urea groups is 1. The van der Waals surface area contributed by atoms with Crippen molar-refractivity contribution in [3.05, 3.63) is 48.5 Å². The number of rotatable bonds is 5. The molecule has 10 nitrogen and oxygen atoms in total. The Labute approximate surface area is 247 Å². The number of carboxylic acids is 1. The Morgan fingerprint density at radius 2 is 1.45 bits per heavy atom. The average molecular weight is 594 g/mol. The summed E-state index contributed by atoms with van der Waals surface area (Å²) in [6.45, 7) is 3.48. The van der Waals surface area contributed by atoms with Crippen LogP contribution in [0.1, 0.15) is 32.1 Å². The molecule has 0 spiro atoms. The lowest BCUT2D eigenvalue weighted by Gasteiger charge is -2.58. The molecule has 1 saturated heterocycles. The number of nitrogens with zero attached hydrogens (tertiary/aromatic N) is 4. The number of carboxylic acid groups (broad SMARTS) is 1. The number of para-hydroxylation sites is 2. The number of amides is 2. The first-order valence-electron chi connectivity index (χ1n) is 15.1. The summed E-state index contributed by atoms with van der Waals surface area (Å²) in [6.07, 6.45) is 5.45. The quantitative estimate of drug-likeness (QED) is 0.543. The third-order valence-electron chi connectivity index (χ3n) is 10.5. The zero-order chi connectivity index (χ0) is 29.2. The summed E-state index contributed by atoms with van der Waals surface area (Å²) >= 11 is 0. The number of fused-ring (bicyclic) bond motifs is 1. The number of carbonyl (C=O) groups is 2. The predicted octanol–water partition coefficient (Wildman–Crippen LogP) is 3.72. The fourth-order valence-corrected chi connectivity index (χ4v) is 9.53. The summed E-state index contributed by atoms with van der Waals surface area (Å²) < 4.78 is 25.3. The molecular formula is C31H39N5O5S. The molecule has 2 aliphatic heterocycles. The lowest BCUT2D eigenvalue weighted by atomic mass is 9.48. The van der Waals surface area contributed by atoms with Crippen LogP contribution in [-0.4, -0.2) is 81.4 Å². The molecule has 4 bridgehead atoms. The van der Waals surface area contributed by atoms with Gasteiger partial charge >= 0.3 is 12.0 Å². The average Bonchev–Trinajstić information content (AvgIpc) is 2.97. The summed E-state index contributed by atoms with van der Waals surface area (Å²) in [5, 5.41) is 13.3. The van der Waals surface area contributed by atoms with E-state index in [0.29, 0.717) is 58.0 Å². The Morgan fingerprint density at radius 1 is 0.833 bits per heavy atom. The zero-order valence-electron chi connectivity index (χ0n) is 24.0. The van der Waals surface area contributed by atoms with E-state index in [0.717, 1.165) is 42.0 Å². The number of benzene rings is 2. The number of nitrogens with one attached hydrogen (secondary N) is 1. The molecule has 0 radical (unpaired) electrons. The van der Waals surface area contributed by atoms with E-state index < -0.39 is 21.4 Å². The van der Waals surface area contributed by atoms with Gasteiger partial charge < -0.3 is 20.2 Å². The first-order chi connectivity index (χ1) is 20.1. The molecule has 4 saturated carbocycles.